The first-order chi connectivity index (χ1) is 30.2. The Morgan fingerprint density at radius 1 is 1.03 bits per heavy atom. The second-order valence-corrected chi connectivity index (χ2v) is 20.5. The van der Waals surface area contributed by atoms with Gasteiger partial charge in [0.05, 0.1) is 21.6 Å². The smallest absolute Gasteiger partial charge is 0.293 e. The van der Waals surface area contributed by atoms with Gasteiger partial charge in [-0.15, -0.1) is 0 Å². The van der Waals surface area contributed by atoms with Gasteiger partial charge in [-0.25, -0.2) is 18.1 Å². The number of sulfonamides is 1. The predicted octanol–water partition coefficient (Wildman–Crippen LogP) is 9.05. The molecule has 63 heavy (non-hydrogen) atoms. The van der Waals surface area contributed by atoms with E-state index in [2.05, 4.69) is 55.8 Å². The zero-order chi connectivity index (χ0) is 43.9. The molecule has 2 aromatic heterocycles. The molecule has 0 atom stereocenters. The van der Waals surface area contributed by atoms with Gasteiger partial charge in [0.2, 0.25) is 0 Å². The van der Waals surface area contributed by atoms with Crippen molar-refractivity contribution in [1.29, 1.82) is 0 Å². The van der Waals surface area contributed by atoms with E-state index >= 15 is 0 Å². The molecule has 0 bridgehead atoms. The number of aromatic amines is 1. The van der Waals surface area contributed by atoms with E-state index in [1.165, 1.54) is 35.0 Å². The number of amides is 1. The Morgan fingerprint density at radius 2 is 1.83 bits per heavy atom. The third kappa shape index (κ3) is 9.42. The van der Waals surface area contributed by atoms with Crippen molar-refractivity contribution in [3.63, 3.8) is 0 Å². The summed E-state index contributed by atoms with van der Waals surface area (Å²) in [5.74, 6) is -0.157. The van der Waals surface area contributed by atoms with E-state index in [1.807, 2.05) is 24.3 Å². The molecule has 5 heterocycles. The number of benzene rings is 3. The minimum atomic E-state index is -4.55. The molecule has 3 N–H and O–H groups in total. The highest BCUT2D eigenvalue weighted by Crippen LogP contribution is 2.47. The lowest BCUT2D eigenvalue weighted by atomic mass is 9.71. The summed E-state index contributed by atoms with van der Waals surface area (Å²) in [6, 6.07) is 20.6. The molecule has 0 unspecified atom stereocenters. The van der Waals surface area contributed by atoms with E-state index in [9.17, 15) is 23.3 Å². The summed E-state index contributed by atoms with van der Waals surface area (Å²) < 4.78 is 41.3. The second kappa shape index (κ2) is 17.2. The minimum Gasteiger partial charge on any atom is -0.455 e. The molecule has 0 radical (unpaired) electrons. The van der Waals surface area contributed by atoms with Crippen molar-refractivity contribution < 1.29 is 27.6 Å². The maximum atomic E-state index is 14.0. The fourth-order valence-electron chi connectivity index (χ4n) is 9.66. The molecule has 4 aliphatic rings. The lowest BCUT2D eigenvalue weighted by molar-refractivity contribution is -0.384. The number of halogens is 1. The molecule has 0 saturated carbocycles. The largest absolute Gasteiger partial charge is 0.455 e. The summed E-state index contributed by atoms with van der Waals surface area (Å²) in [6.45, 7) is 11.0. The van der Waals surface area contributed by atoms with Crippen LogP contribution in [0.3, 0.4) is 0 Å². The molecular formula is C47H52ClN7O7S. The normalized spacial score (nSPS) is 19.0. The predicted molar refractivity (Wildman–Crippen MR) is 244 cm³/mol. The number of hydrogen-bond acceptors (Lipinski definition) is 11. The number of fused-ring (bicyclic) bond motifs is 1. The number of hydrogen-bond donors (Lipinski definition) is 3. The Hall–Kier alpha value is -5.48. The molecule has 3 fully saturated rings. The number of H-pyrrole nitrogens is 1. The third-order valence-electron chi connectivity index (χ3n) is 13.2. The maximum Gasteiger partial charge on any atom is 0.293 e. The molecule has 16 heteroatoms. The molecule has 3 aliphatic heterocycles. The zero-order valence-electron chi connectivity index (χ0n) is 35.5. The monoisotopic (exact) mass is 893 g/mol. The van der Waals surface area contributed by atoms with Gasteiger partial charge in [0.25, 0.3) is 21.6 Å². The van der Waals surface area contributed by atoms with E-state index in [0.717, 1.165) is 93.4 Å². The van der Waals surface area contributed by atoms with Gasteiger partial charge in [-0.2, -0.15) is 0 Å². The Labute approximate surface area is 372 Å². The summed E-state index contributed by atoms with van der Waals surface area (Å²) >= 11 is 6.25. The number of nitro groups is 1. The lowest BCUT2D eigenvalue weighted by Gasteiger charge is -2.49. The number of nitro benzene ring substituents is 1. The van der Waals surface area contributed by atoms with Crippen molar-refractivity contribution in [1.82, 2.24) is 19.6 Å². The Balaban J connectivity index is 0.920. The van der Waals surface area contributed by atoms with Gasteiger partial charge in [-0.3, -0.25) is 19.8 Å². The number of likely N-dealkylation sites (tertiary alicyclic amines) is 1. The Bertz CT molecular complexity index is 2690. The van der Waals surface area contributed by atoms with Crippen LogP contribution in [-0.4, -0.2) is 86.6 Å². The van der Waals surface area contributed by atoms with Crippen LogP contribution in [0.4, 0.5) is 17.1 Å². The van der Waals surface area contributed by atoms with Gasteiger partial charge in [0.15, 0.2) is 0 Å². The highest BCUT2D eigenvalue weighted by atomic mass is 35.5. The fourth-order valence-corrected chi connectivity index (χ4v) is 10.8. The zero-order valence-corrected chi connectivity index (χ0v) is 37.1. The molecule has 5 aromatic rings. The van der Waals surface area contributed by atoms with Crippen molar-refractivity contribution >= 4 is 61.2 Å². The van der Waals surface area contributed by atoms with E-state index in [4.69, 9.17) is 21.1 Å². The highest BCUT2D eigenvalue weighted by Gasteiger charge is 2.48. The van der Waals surface area contributed by atoms with Crippen LogP contribution < -0.4 is 19.7 Å². The van der Waals surface area contributed by atoms with Crippen LogP contribution in [0.25, 0.3) is 16.6 Å². The van der Waals surface area contributed by atoms with Crippen molar-refractivity contribution in [2.24, 2.45) is 16.7 Å². The number of carbonyl (C=O) groups is 1. The quantitative estimate of drug-likeness (QED) is 0.0761. The first-order valence-corrected chi connectivity index (χ1v) is 23.4. The Kier molecular flexibility index (Phi) is 11.7. The van der Waals surface area contributed by atoms with Crippen LogP contribution in [0.1, 0.15) is 68.3 Å². The first kappa shape index (κ1) is 42.8. The maximum absolute atomic E-state index is 14.0. The van der Waals surface area contributed by atoms with Crippen LogP contribution in [0.5, 0.6) is 11.5 Å². The van der Waals surface area contributed by atoms with Crippen LogP contribution in [0.15, 0.2) is 95.7 Å². The molecule has 3 saturated heterocycles. The summed E-state index contributed by atoms with van der Waals surface area (Å²) in [5, 5.41) is 16.7. The highest BCUT2D eigenvalue weighted by molar-refractivity contribution is 7.90. The SMILES string of the molecule is CC1(C)CCC(CN2CC3(CCN(c4ccc(C(=O)NS(=O)(=O)c5ccc(NCC6CCOCC6)c([N+](=O)[O-])c5)c(Oc5cnc6[nH]ccc6c5)c4)C3)C2)=C(c2ccc(Cl)cc2)C1. The molecular weight excluding hydrogens is 842 g/mol. The van der Waals surface area contributed by atoms with Gasteiger partial charge in [-0.05, 0) is 110 Å². The number of ether oxygens (including phenoxy) is 2. The van der Waals surface area contributed by atoms with Gasteiger partial charge >= 0.3 is 0 Å². The van der Waals surface area contributed by atoms with Crippen molar-refractivity contribution in [2.75, 3.05) is 62.7 Å². The number of allylic oxidation sites excluding steroid dienone is 1. The average Bonchev–Trinajstić information content (AvgIpc) is 3.92. The van der Waals surface area contributed by atoms with Crippen molar-refractivity contribution in [3.8, 4) is 11.5 Å². The second-order valence-electron chi connectivity index (χ2n) is 18.4. The molecule has 330 valence electrons. The summed E-state index contributed by atoms with van der Waals surface area (Å²) in [5.41, 5.74) is 5.87. The number of anilines is 2. The minimum absolute atomic E-state index is 0.0232. The van der Waals surface area contributed by atoms with Gasteiger partial charge < -0.3 is 24.7 Å². The van der Waals surface area contributed by atoms with E-state index in [0.29, 0.717) is 31.2 Å². The number of nitrogens with one attached hydrogen (secondary N) is 3. The number of carbonyl (C=O) groups excluding carboxylic acids is 1. The van der Waals surface area contributed by atoms with E-state index < -0.39 is 31.4 Å². The molecule has 9 rings (SSSR count). The van der Waals surface area contributed by atoms with Crippen LogP contribution in [0.2, 0.25) is 5.02 Å². The van der Waals surface area contributed by atoms with Crippen molar-refractivity contribution in [2.45, 2.75) is 57.3 Å². The number of aromatic nitrogens is 2. The lowest BCUT2D eigenvalue weighted by Crippen LogP contribution is -2.58. The van der Waals surface area contributed by atoms with Gasteiger partial charge in [0, 0.05) is 92.3 Å². The summed E-state index contributed by atoms with van der Waals surface area (Å²) in [7, 11) is -4.55. The number of rotatable bonds is 13. The molecule has 14 nitrogen and oxygen atoms in total. The van der Waals surface area contributed by atoms with Crippen LogP contribution in [-0.2, 0) is 14.8 Å². The average molecular weight is 894 g/mol. The van der Waals surface area contributed by atoms with Gasteiger partial charge in [0.1, 0.15) is 22.8 Å². The van der Waals surface area contributed by atoms with Crippen LogP contribution >= 0.6 is 11.6 Å². The Morgan fingerprint density at radius 3 is 2.60 bits per heavy atom. The van der Waals surface area contributed by atoms with E-state index in [1.54, 1.807) is 24.4 Å². The van der Waals surface area contributed by atoms with Crippen molar-refractivity contribution in [3.05, 3.63) is 117 Å². The number of pyridine rings is 1. The standard InChI is InChI=1S/C47H52ClN7O7S/c1-46(2)15-11-34(40(24-46)32-3-5-35(48)6-4-32)27-53-28-47(29-53)16-18-54(30-47)36-7-9-39(43(22-36)62-37-21-33-12-17-49-44(33)51-26-37)45(56)52-63(59,60)38-8-10-41(42(23-38)55(57)58)50-25-31-13-19-61-20-14-31/h3-10,12,17,21-23,26,31,50H,11,13-16,18-20,24-25,27-30H2,1-2H3,(H,49,51)(H,52,56). The summed E-state index contributed by atoms with van der Waals surface area (Å²) in [4.78, 5) is 37.4. The van der Waals surface area contributed by atoms with Gasteiger partial charge in [-0.1, -0.05) is 43.2 Å². The third-order valence-corrected chi connectivity index (χ3v) is 14.7. The molecule has 1 amide bonds. The molecule has 3 aromatic carbocycles. The molecule has 1 aliphatic carbocycles. The topological polar surface area (TPSA) is 172 Å². The number of nitrogens with zero attached hydrogens (tertiary/aromatic N) is 4. The first-order valence-electron chi connectivity index (χ1n) is 21.6. The molecule has 1 spiro atoms. The van der Waals surface area contributed by atoms with Crippen LogP contribution in [0, 0.1) is 26.9 Å². The van der Waals surface area contributed by atoms with E-state index in [-0.39, 0.29) is 33.7 Å². The summed E-state index contributed by atoms with van der Waals surface area (Å²) in [6.07, 6.45) is 9.25. The fraction of sp³-hybridized carbons (Fsp3) is 0.404.